The van der Waals surface area contributed by atoms with E-state index in [9.17, 15) is 22.8 Å². The first-order valence-corrected chi connectivity index (χ1v) is 8.36. The number of nitrogens with one attached hydrogen (secondary N) is 1. The first-order valence-electron chi connectivity index (χ1n) is 8.36. The lowest BCUT2D eigenvalue weighted by Crippen LogP contribution is -2.26. The molecule has 1 aromatic heterocycles. The van der Waals surface area contributed by atoms with Gasteiger partial charge in [0.05, 0.1) is 19.4 Å². The number of halogens is 3. The van der Waals surface area contributed by atoms with Crippen molar-refractivity contribution in [2.24, 2.45) is 5.16 Å². The maximum absolute atomic E-state index is 12.5. The topological polar surface area (TPSA) is 116 Å². The summed E-state index contributed by atoms with van der Waals surface area (Å²) in [5.41, 5.74) is 0.506. The second kappa shape index (κ2) is 9.66. The Balaban J connectivity index is 1.85. The fourth-order valence-electron chi connectivity index (χ4n) is 1.94. The molecule has 2 rings (SSSR count). The number of hydrogen-bond acceptors (Lipinski definition) is 8. The Morgan fingerprint density at radius 3 is 2.59 bits per heavy atom. The van der Waals surface area contributed by atoms with Crippen LogP contribution in [0.15, 0.2) is 33.9 Å². The number of carbonyl (C=O) groups is 2. The van der Waals surface area contributed by atoms with Crippen molar-refractivity contribution in [2.75, 3.05) is 13.2 Å². The van der Waals surface area contributed by atoms with Crippen LogP contribution in [-0.4, -0.2) is 47.5 Å². The lowest BCUT2D eigenvalue weighted by atomic mass is 10.1. The summed E-state index contributed by atoms with van der Waals surface area (Å²) in [7, 11) is 0. The van der Waals surface area contributed by atoms with E-state index in [1.165, 1.54) is 37.4 Å². The van der Waals surface area contributed by atoms with E-state index in [1.807, 2.05) is 0 Å². The Kier molecular flexibility index (Phi) is 7.28. The number of aromatic nitrogens is 2. The zero-order chi connectivity index (χ0) is 21.4. The molecule has 1 atom stereocenters. The van der Waals surface area contributed by atoms with E-state index in [4.69, 9.17) is 9.57 Å². The van der Waals surface area contributed by atoms with Gasteiger partial charge in [0.1, 0.15) is 0 Å². The average Bonchev–Trinajstić information content (AvgIpc) is 3.18. The molecular weight excluding hydrogens is 397 g/mol. The lowest BCUT2D eigenvalue weighted by Gasteiger charge is -2.07. The highest BCUT2D eigenvalue weighted by molar-refractivity contribution is 5.95. The highest BCUT2D eigenvalue weighted by Gasteiger charge is 2.38. The van der Waals surface area contributed by atoms with Crippen molar-refractivity contribution < 1.29 is 36.9 Å². The number of alkyl halides is 3. The number of amides is 1. The van der Waals surface area contributed by atoms with Crippen molar-refractivity contribution >= 4 is 18.1 Å². The van der Waals surface area contributed by atoms with Crippen molar-refractivity contribution in [2.45, 2.75) is 26.1 Å². The third-order valence-electron chi connectivity index (χ3n) is 3.34. The van der Waals surface area contributed by atoms with Gasteiger partial charge in [-0.25, -0.2) is 4.79 Å². The second-order valence-electron chi connectivity index (χ2n) is 5.50. The van der Waals surface area contributed by atoms with Crippen LogP contribution in [0.5, 0.6) is 0 Å². The Labute approximate surface area is 162 Å². The largest absolute Gasteiger partial charge is 0.471 e. The van der Waals surface area contributed by atoms with E-state index in [0.717, 1.165) is 0 Å². The maximum atomic E-state index is 12.5. The van der Waals surface area contributed by atoms with Crippen molar-refractivity contribution in [1.29, 1.82) is 0 Å². The summed E-state index contributed by atoms with van der Waals surface area (Å²) in [5.74, 6) is -2.71. The van der Waals surface area contributed by atoms with Crippen molar-refractivity contribution in [3.8, 4) is 11.4 Å². The highest BCUT2D eigenvalue weighted by Crippen LogP contribution is 2.29. The Hall–Kier alpha value is -3.44. The Bertz CT molecular complexity index is 865. The molecule has 0 unspecified atom stereocenters. The molecule has 0 saturated heterocycles. The Morgan fingerprint density at radius 2 is 2.00 bits per heavy atom. The van der Waals surface area contributed by atoms with Crippen LogP contribution < -0.4 is 5.32 Å². The number of nitrogens with zero attached hydrogens (tertiary/aromatic N) is 3. The smallest absolute Gasteiger partial charge is 0.463 e. The van der Waals surface area contributed by atoms with Crippen LogP contribution in [0.1, 0.15) is 30.1 Å². The quantitative estimate of drug-likeness (QED) is 0.401. The molecule has 0 aliphatic heterocycles. The molecule has 0 aliphatic carbocycles. The number of esters is 1. The predicted octanol–water partition coefficient (Wildman–Crippen LogP) is 2.44. The summed E-state index contributed by atoms with van der Waals surface area (Å²) in [6.07, 6.45) is -4.36. The molecule has 0 fully saturated rings. The minimum Gasteiger partial charge on any atom is -0.463 e. The summed E-state index contributed by atoms with van der Waals surface area (Å²) in [5, 5.41) is 9.35. The summed E-state index contributed by atoms with van der Waals surface area (Å²) < 4.78 is 46.4. The van der Waals surface area contributed by atoms with Gasteiger partial charge < -0.3 is 19.4 Å². The summed E-state index contributed by atoms with van der Waals surface area (Å²) in [4.78, 5) is 31.5. The molecule has 1 amide bonds. The molecule has 9 nitrogen and oxygen atoms in total. The van der Waals surface area contributed by atoms with Crippen LogP contribution in [-0.2, 0) is 20.5 Å². The molecule has 0 saturated carbocycles. The van der Waals surface area contributed by atoms with E-state index in [-0.39, 0.29) is 30.1 Å². The van der Waals surface area contributed by atoms with Crippen LogP contribution in [0, 0.1) is 0 Å². The van der Waals surface area contributed by atoms with Gasteiger partial charge in [-0.3, -0.25) is 4.79 Å². The SMILES string of the molecule is CCOC(=O)[C@@H](C)ON=CCNC(=O)c1ccc(-c2noc(C(F)(F)F)n2)cc1. The number of oxime groups is 1. The number of hydrogen-bond donors (Lipinski definition) is 1. The van der Waals surface area contributed by atoms with E-state index >= 15 is 0 Å². The fraction of sp³-hybridized carbons (Fsp3) is 0.353. The van der Waals surface area contributed by atoms with E-state index < -0.39 is 30.0 Å². The first-order chi connectivity index (χ1) is 13.7. The van der Waals surface area contributed by atoms with Gasteiger partial charge >= 0.3 is 18.0 Å². The van der Waals surface area contributed by atoms with Crippen LogP contribution in [0.25, 0.3) is 11.4 Å². The Morgan fingerprint density at radius 1 is 1.31 bits per heavy atom. The van der Waals surface area contributed by atoms with E-state index in [2.05, 4.69) is 25.1 Å². The van der Waals surface area contributed by atoms with Crippen LogP contribution in [0.4, 0.5) is 13.2 Å². The number of rotatable bonds is 8. The second-order valence-corrected chi connectivity index (χ2v) is 5.50. The number of carbonyl (C=O) groups excluding carboxylic acids is 2. The number of ether oxygens (including phenoxy) is 1. The molecule has 0 spiro atoms. The third kappa shape index (κ3) is 6.30. The molecule has 0 radical (unpaired) electrons. The van der Waals surface area contributed by atoms with Gasteiger partial charge in [-0.05, 0) is 26.0 Å². The molecule has 1 heterocycles. The molecule has 0 bridgehead atoms. The molecule has 0 aliphatic rings. The standard InChI is InChI=1S/C17H17F3N4O5/c1-3-27-15(26)10(2)28-22-9-8-21-14(25)12-6-4-11(5-7-12)13-23-16(29-24-13)17(18,19)20/h4-7,9-10H,3,8H2,1-2H3,(H,21,25)/t10-/m1/s1. The van der Waals surface area contributed by atoms with Crippen LogP contribution in [0.2, 0.25) is 0 Å². The molecule has 1 aromatic carbocycles. The first kappa shape index (κ1) is 21.9. The molecule has 2 aromatic rings. The van der Waals surface area contributed by atoms with Crippen molar-refractivity contribution in [3.63, 3.8) is 0 Å². The zero-order valence-electron chi connectivity index (χ0n) is 15.4. The molecule has 12 heteroatoms. The molecule has 1 N–H and O–H groups in total. The molecular formula is C17H17F3N4O5. The van der Waals surface area contributed by atoms with E-state index in [1.54, 1.807) is 6.92 Å². The zero-order valence-corrected chi connectivity index (χ0v) is 15.4. The van der Waals surface area contributed by atoms with Crippen LogP contribution >= 0.6 is 0 Å². The lowest BCUT2D eigenvalue weighted by molar-refractivity contribution is -0.159. The summed E-state index contributed by atoms with van der Waals surface area (Å²) in [6.45, 7) is 3.38. The van der Waals surface area contributed by atoms with Gasteiger partial charge in [-0.1, -0.05) is 22.4 Å². The number of benzene rings is 1. The van der Waals surface area contributed by atoms with Crippen molar-refractivity contribution in [1.82, 2.24) is 15.5 Å². The molecule has 156 valence electrons. The van der Waals surface area contributed by atoms with Crippen molar-refractivity contribution in [3.05, 3.63) is 35.7 Å². The molecule has 29 heavy (non-hydrogen) atoms. The maximum Gasteiger partial charge on any atom is 0.471 e. The van der Waals surface area contributed by atoms with Gasteiger partial charge in [0.15, 0.2) is 0 Å². The highest BCUT2D eigenvalue weighted by atomic mass is 19.4. The van der Waals surface area contributed by atoms with E-state index in [0.29, 0.717) is 0 Å². The normalized spacial score (nSPS) is 12.6. The van der Waals surface area contributed by atoms with Gasteiger partial charge in [0, 0.05) is 11.1 Å². The third-order valence-corrected chi connectivity index (χ3v) is 3.34. The minimum atomic E-state index is -4.73. The fourth-order valence-corrected chi connectivity index (χ4v) is 1.94. The van der Waals surface area contributed by atoms with Gasteiger partial charge in [0.25, 0.3) is 5.91 Å². The average molecular weight is 414 g/mol. The van der Waals surface area contributed by atoms with Gasteiger partial charge in [-0.2, -0.15) is 18.2 Å². The monoisotopic (exact) mass is 414 g/mol. The minimum absolute atomic E-state index is 0.0237. The van der Waals surface area contributed by atoms with Gasteiger partial charge in [-0.15, -0.1) is 0 Å². The van der Waals surface area contributed by atoms with Crippen LogP contribution in [0.3, 0.4) is 0 Å². The summed E-state index contributed by atoms with van der Waals surface area (Å²) in [6, 6.07) is 5.56. The summed E-state index contributed by atoms with van der Waals surface area (Å²) >= 11 is 0. The van der Waals surface area contributed by atoms with Gasteiger partial charge in [0.2, 0.25) is 11.9 Å². The predicted molar refractivity (Wildman–Crippen MR) is 92.7 cm³/mol.